The van der Waals surface area contributed by atoms with Gasteiger partial charge in [-0.3, -0.25) is 4.79 Å². The van der Waals surface area contributed by atoms with Gasteiger partial charge in [-0.1, -0.05) is 12.1 Å². The van der Waals surface area contributed by atoms with Gasteiger partial charge in [-0.2, -0.15) is 0 Å². The Labute approximate surface area is 124 Å². The zero-order valence-electron chi connectivity index (χ0n) is 13.0. The summed E-state index contributed by atoms with van der Waals surface area (Å²) in [6.45, 7) is 6.85. The monoisotopic (exact) mass is 294 g/mol. The molecule has 0 saturated heterocycles. The van der Waals surface area contributed by atoms with Gasteiger partial charge < -0.3 is 20.1 Å². The number of nitrogens with one attached hydrogen (secondary N) is 2. The lowest BCUT2D eigenvalue weighted by molar-refractivity contribution is -0.117. The first-order valence-corrected chi connectivity index (χ1v) is 6.66. The number of benzene rings is 1. The Bertz CT molecular complexity index is 509. The van der Waals surface area contributed by atoms with Crippen molar-refractivity contribution in [2.45, 2.75) is 39.3 Å². The fourth-order valence-corrected chi connectivity index (χ4v) is 1.54. The van der Waals surface area contributed by atoms with E-state index < -0.39 is 17.7 Å². The number of amides is 2. The molecule has 0 radical (unpaired) electrons. The van der Waals surface area contributed by atoms with Crippen molar-refractivity contribution in [2.24, 2.45) is 0 Å². The molecular formula is C15H22N2O4. The van der Waals surface area contributed by atoms with Crippen molar-refractivity contribution in [1.29, 1.82) is 0 Å². The lowest BCUT2D eigenvalue weighted by Crippen LogP contribution is -2.44. The van der Waals surface area contributed by atoms with Crippen LogP contribution in [0.5, 0.6) is 5.75 Å². The number of carbonyl (C=O) groups excluding carboxylic acids is 2. The number of alkyl carbamates (subject to hydrolysis) is 1. The van der Waals surface area contributed by atoms with E-state index in [1.165, 1.54) is 7.11 Å². The molecule has 0 aliphatic heterocycles. The number of rotatable bonds is 4. The van der Waals surface area contributed by atoms with Crippen LogP contribution in [0, 0.1) is 0 Å². The Balaban J connectivity index is 2.61. The molecule has 1 atom stereocenters. The molecule has 0 aromatic heterocycles. The average Bonchev–Trinajstić information content (AvgIpc) is 2.36. The summed E-state index contributed by atoms with van der Waals surface area (Å²) in [5.74, 6) is 0.195. The number of anilines is 1. The minimum atomic E-state index is -0.732. The largest absolute Gasteiger partial charge is 0.495 e. The summed E-state index contributed by atoms with van der Waals surface area (Å²) in [4.78, 5) is 23.7. The van der Waals surface area contributed by atoms with E-state index in [1.807, 2.05) is 0 Å². The van der Waals surface area contributed by atoms with Gasteiger partial charge in [0.2, 0.25) is 5.91 Å². The Morgan fingerprint density at radius 2 is 1.81 bits per heavy atom. The lowest BCUT2D eigenvalue weighted by Gasteiger charge is -2.21. The summed E-state index contributed by atoms with van der Waals surface area (Å²) in [5, 5.41) is 5.18. The topological polar surface area (TPSA) is 76.7 Å². The third kappa shape index (κ3) is 5.72. The molecule has 6 nitrogen and oxygen atoms in total. The molecule has 0 saturated carbocycles. The fraction of sp³-hybridized carbons (Fsp3) is 0.467. The third-order valence-corrected chi connectivity index (χ3v) is 2.49. The van der Waals surface area contributed by atoms with E-state index in [4.69, 9.17) is 9.47 Å². The summed E-state index contributed by atoms with van der Waals surface area (Å²) in [5.41, 5.74) is -0.0639. The highest BCUT2D eigenvalue weighted by atomic mass is 16.6. The van der Waals surface area contributed by atoms with E-state index in [0.717, 1.165) is 0 Å². The van der Waals surface area contributed by atoms with Crippen LogP contribution < -0.4 is 15.4 Å². The molecular weight excluding hydrogens is 272 g/mol. The molecule has 0 aliphatic carbocycles. The van der Waals surface area contributed by atoms with Gasteiger partial charge in [0.05, 0.1) is 12.8 Å². The Morgan fingerprint density at radius 1 is 1.19 bits per heavy atom. The lowest BCUT2D eigenvalue weighted by atomic mass is 10.2. The van der Waals surface area contributed by atoms with Gasteiger partial charge in [-0.15, -0.1) is 0 Å². The van der Waals surface area contributed by atoms with Crippen molar-refractivity contribution in [3.8, 4) is 5.75 Å². The van der Waals surface area contributed by atoms with Gasteiger partial charge in [0.1, 0.15) is 17.4 Å². The molecule has 0 spiro atoms. The summed E-state index contributed by atoms with van der Waals surface area (Å²) < 4.78 is 10.2. The summed E-state index contributed by atoms with van der Waals surface area (Å²) >= 11 is 0. The zero-order valence-corrected chi connectivity index (χ0v) is 13.0. The van der Waals surface area contributed by atoms with Crippen LogP contribution in [0.1, 0.15) is 27.7 Å². The summed E-state index contributed by atoms with van der Waals surface area (Å²) in [7, 11) is 1.52. The fourth-order valence-electron chi connectivity index (χ4n) is 1.54. The van der Waals surface area contributed by atoms with Crippen LogP contribution in [-0.2, 0) is 9.53 Å². The van der Waals surface area contributed by atoms with Crippen LogP contribution in [0.2, 0.25) is 0 Å². The molecule has 21 heavy (non-hydrogen) atoms. The Kier molecular flexibility index (Phi) is 5.58. The first-order valence-electron chi connectivity index (χ1n) is 6.66. The standard InChI is InChI=1S/C15H22N2O4/c1-10(16-14(19)21-15(2,3)4)13(18)17-11-8-6-7-9-12(11)20-5/h6-10H,1-5H3,(H,16,19)(H,17,18)/t10-/m1/s1. The molecule has 2 amide bonds. The van der Waals surface area contributed by atoms with Crippen LogP contribution in [0.15, 0.2) is 24.3 Å². The van der Waals surface area contributed by atoms with Crippen molar-refractivity contribution >= 4 is 17.7 Å². The molecule has 0 unspecified atom stereocenters. The van der Waals surface area contributed by atoms with Gasteiger partial charge in [0.25, 0.3) is 0 Å². The zero-order chi connectivity index (χ0) is 16.0. The number of hydrogen-bond donors (Lipinski definition) is 2. The number of carbonyl (C=O) groups is 2. The van der Waals surface area contributed by atoms with Crippen LogP contribution in [0.4, 0.5) is 10.5 Å². The predicted octanol–water partition coefficient (Wildman–Crippen LogP) is 2.55. The Hall–Kier alpha value is -2.24. The maximum absolute atomic E-state index is 12.0. The molecule has 1 aromatic carbocycles. The second-order valence-electron chi connectivity index (χ2n) is 5.56. The highest BCUT2D eigenvalue weighted by molar-refractivity contribution is 5.97. The number of para-hydroxylation sites is 2. The van der Waals surface area contributed by atoms with Gasteiger partial charge in [0, 0.05) is 0 Å². The molecule has 0 bridgehead atoms. The number of methoxy groups -OCH3 is 1. The minimum absolute atomic E-state index is 0.356. The first kappa shape index (κ1) is 16.8. The molecule has 6 heteroatoms. The number of hydrogen-bond acceptors (Lipinski definition) is 4. The van der Waals surface area contributed by atoms with Crippen molar-refractivity contribution < 1.29 is 19.1 Å². The maximum atomic E-state index is 12.0. The smallest absolute Gasteiger partial charge is 0.408 e. The van der Waals surface area contributed by atoms with Crippen molar-refractivity contribution in [1.82, 2.24) is 5.32 Å². The highest BCUT2D eigenvalue weighted by Gasteiger charge is 2.21. The van der Waals surface area contributed by atoms with Crippen LogP contribution in [0.3, 0.4) is 0 Å². The molecule has 116 valence electrons. The van der Waals surface area contributed by atoms with E-state index in [2.05, 4.69) is 10.6 Å². The summed E-state index contributed by atoms with van der Waals surface area (Å²) in [6, 6.07) is 6.31. The van der Waals surface area contributed by atoms with E-state index in [-0.39, 0.29) is 5.91 Å². The van der Waals surface area contributed by atoms with Crippen LogP contribution >= 0.6 is 0 Å². The van der Waals surface area contributed by atoms with Gasteiger partial charge >= 0.3 is 6.09 Å². The molecule has 1 rings (SSSR count). The Morgan fingerprint density at radius 3 is 2.38 bits per heavy atom. The predicted molar refractivity (Wildman–Crippen MR) is 80.5 cm³/mol. The van der Waals surface area contributed by atoms with Gasteiger partial charge in [-0.25, -0.2) is 4.79 Å². The minimum Gasteiger partial charge on any atom is -0.495 e. The first-order chi connectivity index (χ1) is 9.73. The van der Waals surface area contributed by atoms with Crippen LogP contribution in [-0.4, -0.2) is 30.8 Å². The quantitative estimate of drug-likeness (QED) is 0.894. The molecule has 2 N–H and O–H groups in total. The number of ether oxygens (including phenoxy) is 2. The van der Waals surface area contributed by atoms with E-state index in [9.17, 15) is 9.59 Å². The van der Waals surface area contributed by atoms with Crippen molar-refractivity contribution in [3.63, 3.8) is 0 Å². The van der Waals surface area contributed by atoms with E-state index >= 15 is 0 Å². The van der Waals surface area contributed by atoms with Gasteiger partial charge in [0.15, 0.2) is 0 Å². The SMILES string of the molecule is COc1ccccc1NC(=O)[C@@H](C)NC(=O)OC(C)(C)C. The second-order valence-corrected chi connectivity index (χ2v) is 5.56. The van der Waals surface area contributed by atoms with Crippen molar-refractivity contribution in [2.75, 3.05) is 12.4 Å². The van der Waals surface area contributed by atoms with E-state index in [0.29, 0.717) is 11.4 Å². The maximum Gasteiger partial charge on any atom is 0.408 e. The summed E-state index contributed by atoms with van der Waals surface area (Å²) in [6.07, 6.45) is -0.634. The van der Waals surface area contributed by atoms with E-state index in [1.54, 1.807) is 52.0 Å². The van der Waals surface area contributed by atoms with Crippen molar-refractivity contribution in [3.05, 3.63) is 24.3 Å². The molecule has 0 aliphatic rings. The highest BCUT2D eigenvalue weighted by Crippen LogP contribution is 2.23. The van der Waals surface area contributed by atoms with Gasteiger partial charge in [-0.05, 0) is 39.8 Å². The third-order valence-electron chi connectivity index (χ3n) is 2.49. The molecule has 1 aromatic rings. The second kappa shape index (κ2) is 6.97. The molecule has 0 fully saturated rings. The average molecular weight is 294 g/mol. The van der Waals surface area contributed by atoms with Crippen LogP contribution in [0.25, 0.3) is 0 Å². The molecule has 0 heterocycles. The normalized spacial score (nSPS) is 12.2.